The molecule has 4 N–H and O–H groups in total. The predicted octanol–water partition coefficient (Wildman–Crippen LogP) is 0.973. The number of aromatic nitrogens is 4. The van der Waals surface area contributed by atoms with Crippen molar-refractivity contribution in [1.82, 2.24) is 41.0 Å². The van der Waals surface area contributed by atoms with Gasteiger partial charge in [-0.25, -0.2) is 20.4 Å². The third-order valence-electron chi connectivity index (χ3n) is 7.09. The third-order valence-corrected chi connectivity index (χ3v) is 7.09. The van der Waals surface area contributed by atoms with Gasteiger partial charge in [-0.1, -0.05) is 6.07 Å². The van der Waals surface area contributed by atoms with Gasteiger partial charge in [0.25, 0.3) is 0 Å². The van der Waals surface area contributed by atoms with E-state index in [9.17, 15) is 0 Å². The van der Waals surface area contributed by atoms with E-state index in [2.05, 4.69) is 66.2 Å². The Morgan fingerprint density at radius 2 is 1.87 bits per heavy atom. The average Bonchev–Trinajstić information content (AvgIpc) is 3.43. The van der Waals surface area contributed by atoms with Gasteiger partial charge in [0.2, 0.25) is 0 Å². The normalized spacial score (nSPS) is 29.4. The summed E-state index contributed by atoms with van der Waals surface area (Å²) in [5, 5.41) is 3.64. The van der Waals surface area contributed by atoms with Gasteiger partial charge in [0.05, 0.1) is 17.2 Å². The number of imidazole rings is 1. The highest BCUT2D eigenvalue weighted by Gasteiger charge is 2.42. The second-order valence-corrected chi connectivity index (χ2v) is 8.99. The maximum Gasteiger partial charge on any atom is 0.126 e. The number of hydrogen-bond donors (Lipinski definition) is 4. The quantitative estimate of drug-likeness (QED) is 0.499. The van der Waals surface area contributed by atoms with Gasteiger partial charge in [0.1, 0.15) is 17.7 Å². The van der Waals surface area contributed by atoms with Gasteiger partial charge in [-0.2, -0.15) is 0 Å². The minimum absolute atomic E-state index is 0.145. The number of aromatic amines is 1. The number of piperidine rings is 1. The number of likely N-dealkylation sites (N-methyl/N-ethyl adjacent to an activating group) is 1. The van der Waals surface area contributed by atoms with Crippen LogP contribution >= 0.6 is 0 Å². The number of nitrogens with one attached hydrogen (secondary N) is 4. The lowest BCUT2D eigenvalue weighted by atomic mass is 9.82. The lowest BCUT2D eigenvalue weighted by Gasteiger charge is -2.34. The van der Waals surface area contributed by atoms with Crippen LogP contribution in [0.2, 0.25) is 0 Å². The van der Waals surface area contributed by atoms with Gasteiger partial charge in [-0.05, 0) is 25.6 Å². The smallest absolute Gasteiger partial charge is 0.126 e. The number of para-hydroxylation sites is 1. The number of hydrogen-bond acceptors (Lipinski definition) is 8. The molecule has 0 bridgehead atoms. The zero-order valence-corrected chi connectivity index (χ0v) is 17.8. The van der Waals surface area contributed by atoms with Gasteiger partial charge < -0.3 is 20.1 Å². The van der Waals surface area contributed by atoms with Crippen molar-refractivity contribution in [2.24, 2.45) is 5.92 Å². The van der Waals surface area contributed by atoms with E-state index in [4.69, 9.17) is 4.98 Å². The van der Waals surface area contributed by atoms with Crippen molar-refractivity contribution >= 4 is 16.7 Å². The van der Waals surface area contributed by atoms with Crippen LogP contribution in [0.4, 0.5) is 5.69 Å². The number of hydrazine groups is 1. The Labute approximate surface area is 181 Å². The zero-order chi connectivity index (χ0) is 20.8. The number of rotatable bonds is 3. The van der Waals surface area contributed by atoms with Gasteiger partial charge in [0.15, 0.2) is 0 Å². The van der Waals surface area contributed by atoms with E-state index < -0.39 is 0 Å². The molecule has 3 aliphatic heterocycles. The van der Waals surface area contributed by atoms with Crippen molar-refractivity contribution in [1.29, 1.82) is 0 Å². The highest BCUT2D eigenvalue weighted by atomic mass is 15.4. The van der Waals surface area contributed by atoms with Crippen LogP contribution < -0.4 is 21.1 Å². The highest BCUT2D eigenvalue weighted by molar-refractivity contribution is 5.89. The lowest BCUT2D eigenvalue weighted by Crippen LogP contribution is -2.46. The summed E-state index contributed by atoms with van der Waals surface area (Å²) in [6.45, 7) is 5.16. The molecule has 2 aromatic heterocycles. The van der Waals surface area contributed by atoms with Crippen LogP contribution in [0.5, 0.6) is 0 Å². The Morgan fingerprint density at radius 3 is 2.71 bits per heavy atom. The summed E-state index contributed by atoms with van der Waals surface area (Å²) in [6, 6.07) is 7.26. The van der Waals surface area contributed by atoms with Crippen molar-refractivity contribution in [2.75, 3.05) is 44.7 Å². The molecular formula is C22H29N9. The molecule has 3 saturated heterocycles. The van der Waals surface area contributed by atoms with E-state index in [1.807, 2.05) is 12.4 Å². The third kappa shape index (κ3) is 3.47. The molecule has 9 nitrogen and oxygen atoms in total. The van der Waals surface area contributed by atoms with Crippen LogP contribution in [0.1, 0.15) is 29.9 Å². The number of H-pyrrole nitrogens is 1. The number of piperazine rings is 1. The molecule has 9 heteroatoms. The molecule has 31 heavy (non-hydrogen) atoms. The van der Waals surface area contributed by atoms with Crippen LogP contribution in [0.25, 0.3) is 11.0 Å². The van der Waals surface area contributed by atoms with E-state index in [0.29, 0.717) is 12.0 Å². The number of benzene rings is 1. The summed E-state index contributed by atoms with van der Waals surface area (Å²) in [4.78, 5) is 22.0. The van der Waals surface area contributed by atoms with E-state index in [-0.39, 0.29) is 12.1 Å². The molecule has 0 aliphatic carbocycles. The maximum atomic E-state index is 5.12. The summed E-state index contributed by atoms with van der Waals surface area (Å²) < 4.78 is 0. The Kier molecular flexibility index (Phi) is 4.83. The van der Waals surface area contributed by atoms with Crippen molar-refractivity contribution in [3.05, 3.63) is 48.3 Å². The Balaban J connectivity index is 1.28. The summed E-state index contributed by atoms with van der Waals surface area (Å²) in [7, 11) is 2.19. The second-order valence-electron chi connectivity index (χ2n) is 8.99. The molecule has 3 aromatic rings. The van der Waals surface area contributed by atoms with E-state index in [1.54, 1.807) is 6.33 Å². The van der Waals surface area contributed by atoms with E-state index >= 15 is 0 Å². The summed E-state index contributed by atoms with van der Waals surface area (Å²) >= 11 is 0. The first-order valence-electron chi connectivity index (χ1n) is 11.2. The van der Waals surface area contributed by atoms with Crippen LogP contribution in [0.3, 0.4) is 0 Å². The maximum absolute atomic E-state index is 5.12. The van der Waals surface area contributed by atoms with Crippen molar-refractivity contribution in [2.45, 2.75) is 24.5 Å². The molecule has 5 heterocycles. The molecule has 0 saturated carbocycles. The minimum atomic E-state index is 0.145. The van der Waals surface area contributed by atoms with E-state index in [1.165, 1.54) is 5.69 Å². The summed E-state index contributed by atoms with van der Waals surface area (Å²) in [5.74, 6) is 1.45. The summed E-state index contributed by atoms with van der Waals surface area (Å²) in [6.07, 6.45) is 6.42. The first kappa shape index (κ1) is 19.1. The van der Waals surface area contributed by atoms with Crippen molar-refractivity contribution in [3.8, 4) is 0 Å². The highest BCUT2D eigenvalue weighted by Crippen LogP contribution is 2.38. The standard InChI is InChI=1S/C22H29N9/c1-30-5-7-31(8-6-30)19-4-2-3-16-21(19)27-22(26-16)20-15-9-17(14-10-23-13-24-11-14)25-12-18(15)28-29-20/h2-4,10-11,13,15,17-18,20,25,28-29H,5-9,12H2,1H3,(H,26,27). The van der Waals surface area contributed by atoms with Gasteiger partial charge in [-0.3, -0.25) is 5.43 Å². The Morgan fingerprint density at radius 1 is 1.03 bits per heavy atom. The first-order valence-corrected chi connectivity index (χ1v) is 11.2. The van der Waals surface area contributed by atoms with Crippen LogP contribution in [0, 0.1) is 5.92 Å². The Bertz CT molecular complexity index is 1040. The number of anilines is 1. The molecule has 3 aliphatic rings. The van der Waals surface area contributed by atoms with Crippen LogP contribution in [0.15, 0.2) is 36.9 Å². The molecule has 0 radical (unpaired) electrons. The molecule has 0 amide bonds. The largest absolute Gasteiger partial charge is 0.367 e. The topological polar surface area (TPSA) is 97.0 Å². The summed E-state index contributed by atoms with van der Waals surface area (Å²) in [5.41, 5.74) is 11.6. The number of nitrogens with zero attached hydrogens (tertiary/aromatic N) is 5. The fourth-order valence-electron chi connectivity index (χ4n) is 5.27. The molecule has 162 valence electrons. The fourth-order valence-corrected chi connectivity index (χ4v) is 5.27. The number of fused-ring (bicyclic) bond motifs is 2. The average molecular weight is 420 g/mol. The molecule has 4 unspecified atom stereocenters. The van der Waals surface area contributed by atoms with Crippen molar-refractivity contribution < 1.29 is 0 Å². The second kappa shape index (κ2) is 7.83. The molecule has 1 aromatic carbocycles. The Hall–Kier alpha value is -2.59. The van der Waals surface area contributed by atoms with Gasteiger partial charge in [0, 0.05) is 68.7 Å². The van der Waals surface area contributed by atoms with Crippen molar-refractivity contribution in [3.63, 3.8) is 0 Å². The predicted molar refractivity (Wildman–Crippen MR) is 119 cm³/mol. The molecule has 3 fully saturated rings. The van der Waals surface area contributed by atoms with Gasteiger partial charge >= 0.3 is 0 Å². The monoisotopic (exact) mass is 419 g/mol. The fraction of sp³-hybridized carbons (Fsp3) is 0.500. The molecular weight excluding hydrogens is 390 g/mol. The molecule has 0 spiro atoms. The zero-order valence-electron chi connectivity index (χ0n) is 17.8. The molecule has 4 atom stereocenters. The van der Waals surface area contributed by atoms with Crippen LogP contribution in [-0.2, 0) is 0 Å². The van der Waals surface area contributed by atoms with Crippen LogP contribution in [-0.4, -0.2) is 70.6 Å². The van der Waals surface area contributed by atoms with E-state index in [0.717, 1.165) is 61.6 Å². The van der Waals surface area contributed by atoms with Gasteiger partial charge in [-0.15, -0.1) is 0 Å². The lowest BCUT2D eigenvalue weighted by molar-refractivity contribution is 0.263. The first-order chi connectivity index (χ1) is 15.3. The minimum Gasteiger partial charge on any atom is -0.367 e. The molecule has 6 rings (SSSR count). The SMILES string of the molecule is CN1CCN(c2cccc3[nH]c(C4NNC5CNC(c6cncnc6)CC54)nc23)CC1.